The summed E-state index contributed by atoms with van der Waals surface area (Å²) in [6.45, 7) is 2.55. The smallest absolute Gasteiger partial charge is 0.254 e. The number of amides is 2. The number of aromatic nitrogens is 2. The molecule has 0 unspecified atom stereocenters. The summed E-state index contributed by atoms with van der Waals surface area (Å²) in [6.07, 6.45) is 3.64. The van der Waals surface area contributed by atoms with Gasteiger partial charge in [-0.15, -0.1) is 0 Å². The zero-order chi connectivity index (χ0) is 21.1. The van der Waals surface area contributed by atoms with Crippen LogP contribution in [0.15, 0.2) is 60.9 Å². The number of rotatable bonds is 4. The van der Waals surface area contributed by atoms with Gasteiger partial charge in [-0.25, -0.2) is 0 Å². The van der Waals surface area contributed by atoms with E-state index in [2.05, 4.69) is 5.10 Å². The van der Waals surface area contributed by atoms with E-state index in [1.165, 1.54) is 0 Å². The van der Waals surface area contributed by atoms with Gasteiger partial charge in [-0.2, -0.15) is 5.10 Å². The van der Waals surface area contributed by atoms with Crippen molar-refractivity contribution in [3.05, 3.63) is 87.7 Å². The maximum atomic E-state index is 12.8. The number of halogens is 2. The minimum absolute atomic E-state index is 0.0291. The predicted molar refractivity (Wildman–Crippen MR) is 116 cm³/mol. The molecule has 4 rings (SSSR count). The number of nitrogens with zero attached hydrogens (tertiary/aromatic N) is 4. The fraction of sp³-hybridized carbons (Fsp3) is 0.227. The zero-order valence-corrected chi connectivity index (χ0v) is 17.7. The Morgan fingerprint density at radius 3 is 1.93 bits per heavy atom. The molecule has 1 aliphatic heterocycles. The Morgan fingerprint density at radius 1 is 0.833 bits per heavy atom. The van der Waals surface area contributed by atoms with E-state index in [-0.39, 0.29) is 11.8 Å². The summed E-state index contributed by atoms with van der Waals surface area (Å²) in [5.41, 5.74) is 2.17. The van der Waals surface area contributed by atoms with Gasteiger partial charge in [0.05, 0.1) is 6.54 Å². The lowest BCUT2D eigenvalue weighted by Crippen LogP contribution is -2.50. The van der Waals surface area contributed by atoms with Gasteiger partial charge in [0.25, 0.3) is 11.8 Å². The first-order chi connectivity index (χ1) is 14.5. The van der Waals surface area contributed by atoms with Crippen molar-refractivity contribution in [2.75, 3.05) is 26.2 Å². The molecule has 0 radical (unpaired) electrons. The van der Waals surface area contributed by atoms with Gasteiger partial charge in [0.2, 0.25) is 0 Å². The highest BCUT2D eigenvalue weighted by molar-refractivity contribution is 6.35. The number of hydrogen-bond donors (Lipinski definition) is 0. The summed E-state index contributed by atoms with van der Waals surface area (Å²) >= 11 is 12.0. The van der Waals surface area contributed by atoms with E-state index in [1.807, 2.05) is 41.2 Å². The van der Waals surface area contributed by atoms with Crippen molar-refractivity contribution >= 4 is 35.0 Å². The maximum Gasteiger partial charge on any atom is 0.254 e. The van der Waals surface area contributed by atoms with E-state index in [1.54, 1.807) is 34.2 Å². The van der Waals surface area contributed by atoms with E-state index in [0.29, 0.717) is 53.9 Å². The molecule has 3 aromatic rings. The van der Waals surface area contributed by atoms with Crippen molar-refractivity contribution in [1.82, 2.24) is 19.6 Å². The lowest BCUT2D eigenvalue weighted by atomic mass is 10.1. The lowest BCUT2D eigenvalue weighted by molar-refractivity contribution is 0.0535. The summed E-state index contributed by atoms with van der Waals surface area (Å²) in [4.78, 5) is 29.0. The van der Waals surface area contributed by atoms with Gasteiger partial charge in [-0.1, -0.05) is 35.3 Å². The SMILES string of the molecule is O=C(c1ccc(Cn2cccn2)cc1)N1CCN(C(=O)c2cc(Cl)cc(Cl)c2)CC1. The normalized spacial score (nSPS) is 14.1. The number of hydrogen-bond acceptors (Lipinski definition) is 3. The average Bonchev–Trinajstić information content (AvgIpc) is 3.26. The fourth-order valence-corrected chi connectivity index (χ4v) is 4.01. The second-order valence-electron chi connectivity index (χ2n) is 7.14. The Kier molecular flexibility index (Phi) is 6.06. The molecule has 2 heterocycles. The van der Waals surface area contributed by atoms with Crippen LogP contribution in [-0.4, -0.2) is 57.6 Å². The van der Waals surface area contributed by atoms with Crippen molar-refractivity contribution in [2.45, 2.75) is 6.54 Å². The number of piperazine rings is 1. The van der Waals surface area contributed by atoms with Gasteiger partial charge in [0, 0.05) is 59.7 Å². The van der Waals surface area contributed by atoms with Gasteiger partial charge in [0.1, 0.15) is 0 Å². The van der Waals surface area contributed by atoms with Crippen LogP contribution < -0.4 is 0 Å². The van der Waals surface area contributed by atoms with Crippen molar-refractivity contribution < 1.29 is 9.59 Å². The van der Waals surface area contributed by atoms with E-state index in [9.17, 15) is 9.59 Å². The maximum absolute atomic E-state index is 12.8. The Bertz CT molecular complexity index is 1020. The summed E-state index contributed by atoms with van der Waals surface area (Å²) in [7, 11) is 0. The first kappa shape index (κ1) is 20.4. The summed E-state index contributed by atoms with van der Waals surface area (Å²) < 4.78 is 1.83. The van der Waals surface area contributed by atoms with Gasteiger partial charge in [-0.05, 0) is 42.0 Å². The predicted octanol–water partition coefficient (Wildman–Crippen LogP) is 3.84. The van der Waals surface area contributed by atoms with E-state index in [0.717, 1.165) is 5.56 Å². The first-order valence-corrected chi connectivity index (χ1v) is 10.4. The highest BCUT2D eigenvalue weighted by Crippen LogP contribution is 2.21. The molecule has 0 saturated carbocycles. The molecule has 8 heteroatoms. The van der Waals surface area contributed by atoms with E-state index < -0.39 is 0 Å². The third kappa shape index (κ3) is 4.66. The molecule has 1 saturated heterocycles. The van der Waals surface area contributed by atoms with Gasteiger partial charge >= 0.3 is 0 Å². The van der Waals surface area contributed by atoms with Crippen molar-refractivity contribution in [1.29, 1.82) is 0 Å². The highest BCUT2D eigenvalue weighted by Gasteiger charge is 2.25. The Labute approximate surface area is 184 Å². The van der Waals surface area contributed by atoms with Gasteiger partial charge in [0.15, 0.2) is 0 Å². The van der Waals surface area contributed by atoms with Crippen LogP contribution >= 0.6 is 23.2 Å². The van der Waals surface area contributed by atoms with Gasteiger partial charge < -0.3 is 9.80 Å². The van der Waals surface area contributed by atoms with Crippen LogP contribution in [0.1, 0.15) is 26.3 Å². The fourth-order valence-electron chi connectivity index (χ4n) is 3.49. The third-order valence-electron chi connectivity index (χ3n) is 5.07. The van der Waals surface area contributed by atoms with Crippen LogP contribution in [0, 0.1) is 0 Å². The molecule has 0 aliphatic carbocycles. The monoisotopic (exact) mass is 442 g/mol. The summed E-state index contributed by atoms with van der Waals surface area (Å²) in [6, 6.07) is 14.3. The Morgan fingerprint density at radius 2 is 1.40 bits per heavy atom. The minimum Gasteiger partial charge on any atom is -0.335 e. The lowest BCUT2D eigenvalue weighted by Gasteiger charge is -2.35. The molecule has 0 bridgehead atoms. The standard InChI is InChI=1S/C22H20Cl2N4O2/c23-19-12-18(13-20(24)14-19)22(30)27-10-8-26(9-11-27)21(29)17-4-2-16(3-5-17)15-28-7-1-6-25-28/h1-7,12-14H,8-11,15H2. The molecule has 1 aromatic heterocycles. The van der Waals surface area contributed by atoms with Gasteiger partial charge in [-0.3, -0.25) is 14.3 Å². The third-order valence-corrected chi connectivity index (χ3v) is 5.50. The second kappa shape index (κ2) is 8.90. The van der Waals surface area contributed by atoms with Crippen LogP contribution in [-0.2, 0) is 6.54 Å². The van der Waals surface area contributed by atoms with Crippen molar-refractivity contribution in [3.63, 3.8) is 0 Å². The van der Waals surface area contributed by atoms with Crippen LogP contribution in [0.3, 0.4) is 0 Å². The molecule has 2 amide bonds. The molecule has 6 nitrogen and oxygen atoms in total. The molecule has 30 heavy (non-hydrogen) atoms. The highest BCUT2D eigenvalue weighted by atomic mass is 35.5. The Balaban J connectivity index is 1.35. The zero-order valence-electron chi connectivity index (χ0n) is 16.2. The number of carbonyl (C=O) groups is 2. The quantitative estimate of drug-likeness (QED) is 0.616. The molecule has 0 N–H and O–H groups in total. The number of carbonyl (C=O) groups excluding carboxylic acids is 2. The molecule has 1 fully saturated rings. The molecule has 0 spiro atoms. The Hall–Kier alpha value is -2.83. The molecule has 0 atom stereocenters. The molecule has 2 aromatic carbocycles. The first-order valence-electron chi connectivity index (χ1n) is 9.60. The average molecular weight is 443 g/mol. The molecular formula is C22H20Cl2N4O2. The topological polar surface area (TPSA) is 58.4 Å². The molecular weight excluding hydrogens is 423 g/mol. The van der Waals surface area contributed by atoms with Crippen molar-refractivity contribution in [2.24, 2.45) is 0 Å². The summed E-state index contributed by atoms with van der Waals surface area (Å²) in [5.74, 6) is -0.159. The molecule has 1 aliphatic rings. The van der Waals surface area contributed by atoms with Crippen LogP contribution in [0.5, 0.6) is 0 Å². The van der Waals surface area contributed by atoms with Crippen LogP contribution in [0.4, 0.5) is 0 Å². The minimum atomic E-state index is -0.130. The molecule has 154 valence electrons. The van der Waals surface area contributed by atoms with Crippen LogP contribution in [0.25, 0.3) is 0 Å². The van der Waals surface area contributed by atoms with E-state index >= 15 is 0 Å². The largest absolute Gasteiger partial charge is 0.335 e. The second-order valence-corrected chi connectivity index (χ2v) is 8.02. The van der Waals surface area contributed by atoms with Crippen molar-refractivity contribution in [3.8, 4) is 0 Å². The van der Waals surface area contributed by atoms with Crippen LogP contribution in [0.2, 0.25) is 10.0 Å². The summed E-state index contributed by atoms with van der Waals surface area (Å²) in [5, 5.41) is 5.04. The number of benzene rings is 2. The van der Waals surface area contributed by atoms with E-state index in [4.69, 9.17) is 23.2 Å².